The molecule has 17 heavy (non-hydrogen) atoms. The molecule has 0 saturated heterocycles. The Morgan fingerprint density at radius 2 is 1.00 bits per heavy atom. The first-order valence-corrected chi connectivity index (χ1v) is 6.23. The molecule has 0 aliphatic rings. The zero-order valence-electron chi connectivity index (χ0n) is 10.5. The van der Waals surface area contributed by atoms with Gasteiger partial charge in [0.05, 0.1) is 0 Å². The van der Waals surface area contributed by atoms with E-state index in [2.05, 4.69) is 0 Å². The summed E-state index contributed by atoms with van der Waals surface area (Å²) in [5, 5.41) is 33.0. The molecule has 0 rings (SSSR count). The summed E-state index contributed by atoms with van der Waals surface area (Å²) in [6.07, 6.45) is 6.25. The van der Waals surface area contributed by atoms with Crippen LogP contribution in [0.2, 0.25) is 0 Å². The molecule has 0 bridgehead atoms. The van der Waals surface area contributed by atoms with Gasteiger partial charge in [0.15, 0.2) is 0 Å². The minimum absolute atomic E-state index is 0.166. The average molecular weight is 250 g/mol. The summed E-state index contributed by atoms with van der Waals surface area (Å²) in [5.41, 5.74) is 0. The number of aliphatic hydroxyl groups is 3. The number of unbranched alkanes of at least 4 members (excludes halogenated alkanes) is 5. The van der Waals surface area contributed by atoms with Crippen LogP contribution in [0.1, 0.15) is 51.4 Å². The fourth-order valence-corrected chi connectivity index (χ4v) is 1.14. The van der Waals surface area contributed by atoms with Crippen molar-refractivity contribution in [2.45, 2.75) is 51.4 Å². The molecule has 5 heteroatoms. The Labute approximate surface area is 103 Å². The number of rotatable bonds is 10. The number of aliphatic hydroxyl groups excluding tert-OH is 3. The van der Waals surface area contributed by atoms with E-state index in [0.717, 1.165) is 32.1 Å². The van der Waals surface area contributed by atoms with Crippen molar-refractivity contribution in [2.75, 3.05) is 19.8 Å². The van der Waals surface area contributed by atoms with Crippen molar-refractivity contribution in [1.82, 2.24) is 0 Å². The Hall–Kier alpha value is -0.650. The Morgan fingerprint density at radius 1 is 0.647 bits per heavy atom. The lowest BCUT2D eigenvalue weighted by molar-refractivity contribution is -0.137. The lowest BCUT2D eigenvalue weighted by Crippen LogP contribution is -1.94. The molecule has 5 nitrogen and oxygen atoms in total. The fourth-order valence-electron chi connectivity index (χ4n) is 1.14. The maximum atomic E-state index is 9.90. The molecule has 0 aromatic carbocycles. The molecule has 0 atom stereocenters. The van der Waals surface area contributed by atoms with Gasteiger partial charge in [-0.25, -0.2) is 0 Å². The van der Waals surface area contributed by atoms with Crippen molar-refractivity contribution in [3.05, 3.63) is 0 Å². The van der Waals surface area contributed by atoms with Gasteiger partial charge in [-0.1, -0.05) is 19.3 Å². The fraction of sp³-hybridized carbons (Fsp3) is 0.917. The van der Waals surface area contributed by atoms with Crippen molar-refractivity contribution < 1.29 is 25.2 Å². The van der Waals surface area contributed by atoms with E-state index in [4.69, 9.17) is 20.4 Å². The number of aliphatic carboxylic acids is 1. The van der Waals surface area contributed by atoms with Crippen molar-refractivity contribution in [2.24, 2.45) is 0 Å². The summed E-state index contributed by atoms with van der Waals surface area (Å²) in [4.78, 5) is 9.90. The van der Waals surface area contributed by atoms with Gasteiger partial charge in [0.25, 0.3) is 0 Å². The molecule has 4 N–H and O–H groups in total. The first kappa shape index (κ1) is 18.7. The Kier molecular flexibility index (Phi) is 19.5. The zero-order chi connectivity index (χ0) is 13.4. The van der Waals surface area contributed by atoms with Gasteiger partial charge in [-0.15, -0.1) is 0 Å². The van der Waals surface area contributed by atoms with E-state index in [1.54, 1.807) is 0 Å². The van der Waals surface area contributed by atoms with Crippen LogP contribution < -0.4 is 0 Å². The van der Waals surface area contributed by atoms with Gasteiger partial charge in [-0.2, -0.15) is 0 Å². The van der Waals surface area contributed by atoms with Crippen LogP contribution in [-0.4, -0.2) is 46.2 Å². The van der Waals surface area contributed by atoms with Crippen LogP contribution in [0.4, 0.5) is 0 Å². The van der Waals surface area contributed by atoms with E-state index >= 15 is 0 Å². The third kappa shape index (κ3) is 25.5. The van der Waals surface area contributed by atoms with Crippen LogP contribution >= 0.6 is 0 Å². The van der Waals surface area contributed by atoms with E-state index in [1.165, 1.54) is 0 Å². The van der Waals surface area contributed by atoms with E-state index in [-0.39, 0.29) is 26.2 Å². The number of carbonyl (C=O) groups is 1. The van der Waals surface area contributed by atoms with Crippen LogP contribution in [0.25, 0.3) is 0 Å². The highest BCUT2D eigenvalue weighted by molar-refractivity contribution is 5.66. The third-order valence-corrected chi connectivity index (χ3v) is 2.11. The highest BCUT2D eigenvalue weighted by atomic mass is 16.4. The molecule has 0 aromatic rings. The first-order chi connectivity index (χ1) is 8.18. The number of carboxylic acids is 1. The van der Waals surface area contributed by atoms with Gasteiger partial charge in [0.2, 0.25) is 0 Å². The minimum atomic E-state index is -0.757. The monoisotopic (exact) mass is 250 g/mol. The zero-order valence-corrected chi connectivity index (χ0v) is 10.5. The molecule has 0 radical (unpaired) electrons. The molecule has 0 unspecified atom stereocenters. The maximum absolute atomic E-state index is 9.90. The van der Waals surface area contributed by atoms with Gasteiger partial charge >= 0.3 is 5.97 Å². The first-order valence-electron chi connectivity index (χ1n) is 6.23. The van der Waals surface area contributed by atoms with Crippen molar-refractivity contribution in [3.63, 3.8) is 0 Å². The normalized spacial score (nSPS) is 9.59. The van der Waals surface area contributed by atoms with Gasteiger partial charge in [-0.3, -0.25) is 4.79 Å². The second-order valence-electron chi connectivity index (χ2n) is 3.79. The Morgan fingerprint density at radius 3 is 1.29 bits per heavy atom. The topological polar surface area (TPSA) is 98.0 Å². The van der Waals surface area contributed by atoms with Crippen molar-refractivity contribution >= 4 is 5.97 Å². The molecule has 0 amide bonds. The second-order valence-corrected chi connectivity index (χ2v) is 3.79. The van der Waals surface area contributed by atoms with Crippen LogP contribution in [0.5, 0.6) is 0 Å². The largest absolute Gasteiger partial charge is 0.481 e. The molecular formula is C12H26O5. The summed E-state index contributed by atoms with van der Waals surface area (Å²) in [5.74, 6) is -0.757. The predicted molar refractivity (Wildman–Crippen MR) is 65.8 cm³/mol. The number of hydrogen-bond acceptors (Lipinski definition) is 4. The number of carboxylic acid groups (broad SMARTS) is 1. The van der Waals surface area contributed by atoms with E-state index in [1.807, 2.05) is 0 Å². The van der Waals surface area contributed by atoms with Crippen molar-refractivity contribution in [3.8, 4) is 0 Å². The average Bonchev–Trinajstić information content (AvgIpc) is 2.31. The highest BCUT2D eigenvalue weighted by Crippen LogP contribution is 1.97. The van der Waals surface area contributed by atoms with Crippen LogP contribution in [-0.2, 0) is 4.79 Å². The summed E-state index contributed by atoms with van der Waals surface area (Å²) in [6.45, 7) is 0.733. The molecular weight excluding hydrogens is 224 g/mol. The molecule has 0 aliphatic carbocycles. The lowest BCUT2D eigenvalue weighted by Gasteiger charge is -1.93. The SMILES string of the molecule is O=C(O)CCCCCO.OCCCCCCO. The predicted octanol–water partition coefficient (Wildman–Crippen LogP) is 1.16. The highest BCUT2D eigenvalue weighted by Gasteiger charge is 1.94. The summed E-state index contributed by atoms with van der Waals surface area (Å²) in [7, 11) is 0. The van der Waals surface area contributed by atoms with E-state index < -0.39 is 5.97 Å². The summed E-state index contributed by atoms with van der Waals surface area (Å²) >= 11 is 0. The van der Waals surface area contributed by atoms with Crippen LogP contribution in [0, 0.1) is 0 Å². The Balaban J connectivity index is 0. The number of hydrogen-bond donors (Lipinski definition) is 4. The molecule has 0 aliphatic heterocycles. The van der Waals surface area contributed by atoms with Gasteiger partial charge in [-0.05, 0) is 25.7 Å². The minimum Gasteiger partial charge on any atom is -0.481 e. The van der Waals surface area contributed by atoms with Crippen molar-refractivity contribution in [1.29, 1.82) is 0 Å². The van der Waals surface area contributed by atoms with Gasteiger partial charge in [0, 0.05) is 26.2 Å². The standard InChI is InChI=1S/C6H12O3.C6H14O2/c7-5-3-1-2-4-6(8)9;7-5-3-1-2-4-6-8/h7H,1-5H2,(H,8,9);7-8H,1-6H2. The third-order valence-electron chi connectivity index (χ3n) is 2.11. The summed E-state index contributed by atoms with van der Waals surface area (Å²) < 4.78 is 0. The quantitative estimate of drug-likeness (QED) is 0.436. The van der Waals surface area contributed by atoms with Crippen LogP contribution in [0.3, 0.4) is 0 Å². The summed E-state index contributed by atoms with van der Waals surface area (Å²) in [6, 6.07) is 0. The van der Waals surface area contributed by atoms with E-state index in [0.29, 0.717) is 12.8 Å². The van der Waals surface area contributed by atoms with Crippen LogP contribution in [0.15, 0.2) is 0 Å². The molecule has 0 heterocycles. The molecule has 0 spiro atoms. The molecule has 0 fully saturated rings. The van der Waals surface area contributed by atoms with Gasteiger partial charge in [0.1, 0.15) is 0 Å². The smallest absolute Gasteiger partial charge is 0.303 e. The Bertz CT molecular complexity index is 144. The molecule has 104 valence electrons. The molecule has 0 saturated carbocycles. The lowest BCUT2D eigenvalue weighted by atomic mass is 10.2. The second kappa shape index (κ2) is 17.7. The van der Waals surface area contributed by atoms with E-state index in [9.17, 15) is 4.79 Å². The maximum Gasteiger partial charge on any atom is 0.303 e. The molecule has 0 aromatic heterocycles. The van der Waals surface area contributed by atoms with Gasteiger partial charge < -0.3 is 20.4 Å².